The molecule has 0 saturated carbocycles. The number of rotatable bonds is 2. The molecule has 7 nitrogen and oxygen atoms in total. The molecule has 10 aromatic rings. The highest BCUT2D eigenvalue weighted by molar-refractivity contribution is 6.15. The van der Waals surface area contributed by atoms with E-state index >= 15 is 0 Å². The topological polar surface area (TPSA) is 69.6 Å². The Morgan fingerprint density at radius 2 is 1.15 bits per heavy atom. The first-order valence-electron chi connectivity index (χ1n) is 15.8. The van der Waals surface area contributed by atoms with Gasteiger partial charge in [-0.15, -0.1) is 0 Å². The highest BCUT2D eigenvalue weighted by Crippen LogP contribution is 2.40. The normalized spacial score (nSPS) is 12.6. The lowest BCUT2D eigenvalue weighted by molar-refractivity contribution is 0.484. The number of pyridine rings is 2. The number of ether oxygens (including phenoxy) is 1. The number of hydrogen-bond acceptors (Lipinski definition) is 5. The van der Waals surface area contributed by atoms with E-state index in [0.717, 1.165) is 77.6 Å². The molecular formula is C40H28N6O. The van der Waals surface area contributed by atoms with E-state index in [9.17, 15) is 0 Å². The quantitative estimate of drug-likeness (QED) is 0.183. The molecular weight excluding hydrogens is 580 g/mol. The van der Waals surface area contributed by atoms with Gasteiger partial charge >= 0.3 is 0 Å². The first-order valence-corrected chi connectivity index (χ1v) is 15.8. The smallest absolute Gasteiger partial charge is 0.165 e. The molecule has 0 amide bonds. The van der Waals surface area contributed by atoms with Crippen LogP contribution in [0.2, 0.25) is 0 Å². The molecule has 5 aromatic heterocycles. The van der Waals surface area contributed by atoms with Gasteiger partial charge in [-0.25, -0.2) is 15.0 Å². The van der Waals surface area contributed by atoms with Crippen LogP contribution in [-0.4, -0.2) is 28.7 Å². The van der Waals surface area contributed by atoms with Crippen LogP contribution in [0.3, 0.4) is 0 Å². The van der Waals surface area contributed by atoms with Gasteiger partial charge in [-0.05, 0) is 77.0 Å². The standard InChI is InChI=1S/C40H28N6O/c1-40(2,3)30-10-8-9-27-25-17-15-23(21-28(25)37-43-31-11-4-6-13-33(31)45(37)36(27)30)47-24-16-18-26-29(22-24)38-44-32-12-5-7-14-34(32)46(38)39-35(26)41-19-20-42-39/h4-22H,1-3H3. The van der Waals surface area contributed by atoms with Gasteiger partial charge in [-0.1, -0.05) is 63.2 Å². The molecule has 5 aromatic carbocycles. The molecule has 0 aliphatic carbocycles. The van der Waals surface area contributed by atoms with Gasteiger partial charge in [0.25, 0.3) is 0 Å². The Labute approximate surface area is 268 Å². The summed E-state index contributed by atoms with van der Waals surface area (Å²) in [5.41, 5.74) is 9.76. The van der Waals surface area contributed by atoms with Gasteiger partial charge in [0.15, 0.2) is 5.65 Å². The van der Waals surface area contributed by atoms with Gasteiger partial charge in [-0.2, -0.15) is 0 Å². The van der Waals surface area contributed by atoms with Gasteiger partial charge in [0, 0.05) is 33.9 Å². The van der Waals surface area contributed by atoms with Crippen molar-refractivity contribution in [3.8, 4) is 11.5 Å². The highest BCUT2D eigenvalue weighted by Gasteiger charge is 2.23. The zero-order valence-electron chi connectivity index (χ0n) is 26.1. The third-order valence-corrected chi connectivity index (χ3v) is 9.32. The average molecular weight is 609 g/mol. The maximum Gasteiger partial charge on any atom is 0.165 e. The molecule has 0 radical (unpaired) electrons. The fourth-order valence-electron chi connectivity index (χ4n) is 7.27. The predicted octanol–water partition coefficient (Wildman–Crippen LogP) is 9.78. The van der Waals surface area contributed by atoms with Gasteiger partial charge < -0.3 is 4.74 Å². The van der Waals surface area contributed by atoms with E-state index in [1.54, 1.807) is 12.4 Å². The lowest BCUT2D eigenvalue weighted by Gasteiger charge is -2.23. The molecule has 0 N–H and O–H groups in total. The second kappa shape index (κ2) is 9.23. The summed E-state index contributed by atoms with van der Waals surface area (Å²) < 4.78 is 11.1. The van der Waals surface area contributed by atoms with Crippen molar-refractivity contribution in [2.75, 3.05) is 0 Å². The summed E-state index contributed by atoms with van der Waals surface area (Å²) in [4.78, 5) is 19.6. The number of hydrogen-bond donors (Lipinski definition) is 0. The van der Waals surface area contributed by atoms with Gasteiger partial charge in [0.1, 0.15) is 28.3 Å². The Morgan fingerprint density at radius 1 is 0.532 bits per heavy atom. The Hall–Kier alpha value is -6.08. The van der Waals surface area contributed by atoms with Crippen molar-refractivity contribution in [1.29, 1.82) is 0 Å². The molecule has 0 atom stereocenters. The average Bonchev–Trinajstić information content (AvgIpc) is 3.68. The maximum absolute atomic E-state index is 6.63. The fourth-order valence-corrected chi connectivity index (χ4v) is 7.27. The molecule has 0 saturated heterocycles. The molecule has 5 heterocycles. The highest BCUT2D eigenvalue weighted by atomic mass is 16.5. The molecule has 0 aliphatic rings. The van der Waals surface area contributed by atoms with E-state index in [2.05, 4.69) is 102 Å². The van der Waals surface area contributed by atoms with Crippen molar-refractivity contribution in [3.63, 3.8) is 0 Å². The number of para-hydroxylation sites is 5. The molecule has 0 spiro atoms. The summed E-state index contributed by atoms with van der Waals surface area (Å²) in [6, 6.07) is 35.6. The van der Waals surface area contributed by atoms with E-state index in [0.29, 0.717) is 0 Å². The number of imidazole rings is 2. The minimum atomic E-state index is -0.0480. The molecule has 0 fully saturated rings. The molecule has 0 bridgehead atoms. The van der Waals surface area contributed by atoms with E-state index in [1.807, 2.05) is 30.3 Å². The van der Waals surface area contributed by atoms with Gasteiger partial charge in [-0.3, -0.25) is 13.8 Å². The van der Waals surface area contributed by atoms with Crippen LogP contribution in [0.1, 0.15) is 26.3 Å². The van der Waals surface area contributed by atoms with E-state index in [4.69, 9.17) is 24.7 Å². The first-order chi connectivity index (χ1) is 22.9. The predicted molar refractivity (Wildman–Crippen MR) is 190 cm³/mol. The zero-order chi connectivity index (χ0) is 31.4. The zero-order valence-corrected chi connectivity index (χ0v) is 26.1. The molecule has 10 rings (SSSR count). The molecule has 0 aliphatic heterocycles. The number of aromatic nitrogens is 6. The summed E-state index contributed by atoms with van der Waals surface area (Å²) in [5.74, 6) is 1.46. The minimum absolute atomic E-state index is 0.0480. The number of fused-ring (bicyclic) bond motifs is 16. The summed E-state index contributed by atoms with van der Waals surface area (Å²) in [5, 5.41) is 5.32. The van der Waals surface area contributed by atoms with Gasteiger partial charge in [0.2, 0.25) is 0 Å². The fraction of sp³-hybridized carbons (Fsp3) is 0.100. The second-order valence-corrected chi connectivity index (χ2v) is 13.2. The minimum Gasteiger partial charge on any atom is -0.457 e. The van der Waals surface area contributed by atoms with Crippen molar-refractivity contribution in [3.05, 3.63) is 121 Å². The van der Waals surface area contributed by atoms with Crippen molar-refractivity contribution in [2.24, 2.45) is 0 Å². The Morgan fingerprint density at radius 3 is 1.87 bits per heavy atom. The van der Waals surface area contributed by atoms with Crippen LogP contribution in [0.15, 0.2) is 116 Å². The lowest BCUT2D eigenvalue weighted by Crippen LogP contribution is -2.13. The van der Waals surface area contributed by atoms with Crippen LogP contribution < -0.4 is 4.74 Å². The Bertz CT molecular complexity index is 2930. The number of benzene rings is 5. The largest absolute Gasteiger partial charge is 0.457 e. The van der Waals surface area contributed by atoms with Crippen molar-refractivity contribution in [1.82, 2.24) is 28.7 Å². The third-order valence-electron chi connectivity index (χ3n) is 9.32. The van der Waals surface area contributed by atoms with Crippen LogP contribution >= 0.6 is 0 Å². The first kappa shape index (κ1) is 26.2. The summed E-state index contributed by atoms with van der Waals surface area (Å²) in [6.07, 6.45) is 3.46. The summed E-state index contributed by atoms with van der Waals surface area (Å²) in [7, 11) is 0. The molecule has 0 unspecified atom stereocenters. The van der Waals surface area contributed by atoms with Gasteiger partial charge in [0.05, 0.1) is 27.6 Å². The maximum atomic E-state index is 6.63. The van der Waals surface area contributed by atoms with Crippen LogP contribution in [0.25, 0.3) is 77.0 Å². The molecule has 7 heteroatoms. The van der Waals surface area contributed by atoms with Crippen LogP contribution in [0, 0.1) is 0 Å². The monoisotopic (exact) mass is 608 g/mol. The second-order valence-electron chi connectivity index (χ2n) is 13.2. The summed E-state index contributed by atoms with van der Waals surface area (Å²) >= 11 is 0. The lowest BCUT2D eigenvalue weighted by atomic mass is 9.84. The van der Waals surface area contributed by atoms with Crippen molar-refractivity contribution < 1.29 is 4.74 Å². The van der Waals surface area contributed by atoms with Crippen molar-refractivity contribution in [2.45, 2.75) is 26.2 Å². The Kier molecular flexibility index (Phi) is 5.14. The Balaban J connectivity index is 1.21. The summed E-state index contributed by atoms with van der Waals surface area (Å²) in [6.45, 7) is 6.81. The molecule has 47 heavy (non-hydrogen) atoms. The SMILES string of the molecule is CC(C)(C)c1cccc2c3ccc(Oc4ccc5c(c4)c4nc6ccccc6n4c4nccnc54)cc3c3nc4ccccc4n3c12. The molecule has 224 valence electrons. The van der Waals surface area contributed by atoms with Crippen LogP contribution in [0.5, 0.6) is 11.5 Å². The van der Waals surface area contributed by atoms with Crippen LogP contribution in [0.4, 0.5) is 0 Å². The van der Waals surface area contributed by atoms with E-state index in [1.165, 1.54) is 16.5 Å². The van der Waals surface area contributed by atoms with E-state index < -0.39 is 0 Å². The van der Waals surface area contributed by atoms with Crippen LogP contribution in [-0.2, 0) is 5.41 Å². The number of nitrogens with zero attached hydrogens (tertiary/aromatic N) is 6. The third kappa shape index (κ3) is 3.68. The van der Waals surface area contributed by atoms with E-state index in [-0.39, 0.29) is 5.41 Å². The van der Waals surface area contributed by atoms with Crippen molar-refractivity contribution >= 4 is 77.0 Å².